The first-order valence-corrected chi connectivity index (χ1v) is 6.15. The predicted molar refractivity (Wildman–Crippen MR) is 74.5 cm³/mol. The van der Waals surface area contributed by atoms with E-state index in [0.717, 1.165) is 10.9 Å². The van der Waals surface area contributed by atoms with Crippen LogP contribution in [0.15, 0.2) is 36.5 Å². The number of hydrogen-bond donors (Lipinski definition) is 0. The predicted octanol–water partition coefficient (Wildman–Crippen LogP) is 2.94. The third kappa shape index (κ3) is 1.97. The molecule has 3 aromatic rings. The van der Waals surface area contributed by atoms with Gasteiger partial charge in [-0.2, -0.15) is 10.4 Å². The topological polar surface area (TPSA) is 63.7 Å². The lowest BCUT2D eigenvalue weighted by Crippen LogP contribution is -1.96. The fraction of sp³-hybridized carbons (Fsp3) is 0.133. The van der Waals surface area contributed by atoms with E-state index in [1.807, 2.05) is 30.3 Å². The van der Waals surface area contributed by atoms with Crippen molar-refractivity contribution in [3.63, 3.8) is 0 Å². The minimum Gasteiger partial charge on any atom is -0.436 e. The molecule has 0 amide bonds. The Morgan fingerprint density at radius 3 is 2.90 bits per heavy atom. The van der Waals surface area contributed by atoms with Crippen LogP contribution >= 0.6 is 0 Å². The van der Waals surface area contributed by atoms with Crippen molar-refractivity contribution in [3.8, 4) is 17.7 Å². The number of ether oxygens (including phenoxy) is 1. The monoisotopic (exact) mass is 264 g/mol. The maximum Gasteiger partial charge on any atom is 0.235 e. The highest BCUT2D eigenvalue weighted by Gasteiger charge is 2.15. The number of nitrogens with zero attached hydrogens (tertiary/aromatic N) is 4. The lowest BCUT2D eigenvalue weighted by atomic mass is 10.2. The summed E-state index contributed by atoms with van der Waals surface area (Å²) in [6.07, 6.45) is 1.64. The van der Waals surface area contributed by atoms with Crippen molar-refractivity contribution in [3.05, 3.63) is 47.8 Å². The number of fused-ring (bicyclic) bond motifs is 1. The molecule has 1 aromatic carbocycles. The number of benzene rings is 1. The van der Waals surface area contributed by atoms with Gasteiger partial charge in [0, 0.05) is 12.4 Å². The van der Waals surface area contributed by atoms with Crippen molar-refractivity contribution in [1.82, 2.24) is 14.8 Å². The summed E-state index contributed by atoms with van der Waals surface area (Å²) in [6.45, 7) is 1.78. The third-order valence-corrected chi connectivity index (χ3v) is 3.06. The van der Waals surface area contributed by atoms with Crippen LogP contribution in [0, 0.1) is 18.3 Å². The van der Waals surface area contributed by atoms with Gasteiger partial charge in [0.05, 0.1) is 17.4 Å². The van der Waals surface area contributed by atoms with Gasteiger partial charge in [-0.3, -0.25) is 4.98 Å². The molecule has 2 heterocycles. The van der Waals surface area contributed by atoms with E-state index in [1.165, 1.54) is 0 Å². The van der Waals surface area contributed by atoms with Gasteiger partial charge in [0.1, 0.15) is 17.4 Å². The number of hydrogen-bond acceptors (Lipinski definition) is 4. The van der Waals surface area contributed by atoms with Crippen LogP contribution < -0.4 is 4.74 Å². The van der Waals surface area contributed by atoms with Gasteiger partial charge >= 0.3 is 0 Å². The molecule has 0 aliphatic carbocycles. The van der Waals surface area contributed by atoms with Gasteiger partial charge in [-0.1, -0.05) is 18.2 Å². The van der Waals surface area contributed by atoms with Crippen molar-refractivity contribution in [2.24, 2.45) is 7.05 Å². The number of aryl methyl sites for hydroxylation is 2. The Morgan fingerprint density at radius 2 is 2.10 bits per heavy atom. The summed E-state index contributed by atoms with van der Waals surface area (Å²) < 4.78 is 7.33. The molecule has 0 unspecified atom stereocenters. The van der Waals surface area contributed by atoms with E-state index in [0.29, 0.717) is 22.9 Å². The first-order chi connectivity index (χ1) is 9.69. The zero-order valence-corrected chi connectivity index (χ0v) is 11.2. The van der Waals surface area contributed by atoms with Crippen LogP contribution in [0.5, 0.6) is 11.6 Å². The highest BCUT2D eigenvalue weighted by molar-refractivity contribution is 5.79. The Labute approximate surface area is 116 Å². The van der Waals surface area contributed by atoms with Gasteiger partial charge in [0.2, 0.25) is 5.88 Å². The molecule has 20 heavy (non-hydrogen) atoms. The Balaban J connectivity index is 2.04. The summed E-state index contributed by atoms with van der Waals surface area (Å²) in [7, 11) is 1.75. The van der Waals surface area contributed by atoms with E-state index < -0.39 is 0 Å². The molecule has 0 bridgehead atoms. The summed E-state index contributed by atoms with van der Waals surface area (Å²) in [5.74, 6) is 1.02. The number of para-hydroxylation sites is 1. The van der Waals surface area contributed by atoms with E-state index in [9.17, 15) is 0 Å². The minimum absolute atomic E-state index is 0.432. The highest BCUT2D eigenvalue weighted by Crippen LogP contribution is 2.27. The van der Waals surface area contributed by atoms with Crippen molar-refractivity contribution in [1.29, 1.82) is 5.26 Å². The maximum absolute atomic E-state index is 9.16. The average Bonchev–Trinajstić information content (AvgIpc) is 2.72. The van der Waals surface area contributed by atoms with E-state index in [4.69, 9.17) is 10.00 Å². The number of rotatable bonds is 2. The number of pyridine rings is 1. The molecule has 0 saturated carbocycles. The number of aromatic nitrogens is 3. The molecule has 0 aliphatic rings. The van der Waals surface area contributed by atoms with Gasteiger partial charge in [-0.25, -0.2) is 4.68 Å². The zero-order valence-electron chi connectivity index (χ0n) is 11.2. The van der Waals surface area contributed by atoms with E-state index in [2.05, 4.69) is 16.2 Å². The molecule has 0 saturated heterocycles. The van der Waals surface area contributed by atoms with Crippen LogP contribution in [-0.2, 0) is 7.05 Å². The van der Waals surface area contributed by atoms with Crippen LogP contribution in [0.3, 0.4) is 0 Å². The van der Waals surface area contributed by atoms with Gasteiger partial charge < -0.3 is 4.74 Å². The summed E-state index contributed by atoms with van der Waals surface area (Å²) >= 11 is 0. The third-order valence-electron chi connectivity index (χ3n) is 3.06. The minimum atomic E-state index is 0.432. The van der Waals surface area contributed by atoms with E-state index in [-0.39, 0.29) is 0 Å². The molecule has 0 N–H and O–H groups in total. The molecule has 5 heteroatoms. The van der Waals surface area contributed by atoms with Gasteiger partial charge in [-0.05, 0) is 19.1 Å². The van der Waals surface area contributed by atoms with Crippen LogP contribution in [0.2, 0.25) is 0 Å². The largest absolute Gasteiger partial charge is 0.436 e. The fourth-order valence-electron chi connectivity index (χ4n) is 2.10. The molecule has 5 nitrogen and oxygen atoms in total. The zero-order chi connectivity index (χ0) is 14.1. The maximum atomic E-state index is 9.16. The van der Waals surface area contributed by atoms with E-state index >= 15 is 0 Å². The second-order valence-corrected chi connectivity index (χ2v) is 4.47. The molecule has 3 rings (SSSR count). The Hall–Kier alpha value is -2.87. The summed E-state index contributed by atoms with van der Waals surface area (Å²) in [4.78, 5) is 4.33. The van der Waals surface area contributed by atoms with Crippen molar-refractivity contribution in [2.75, 3.05) is 0 Å². The van der Waals surface area contributed by atoms with Crippen LogP contribution in [0.1, 0.15) is 11.3 Å². The summed E-state index contributed by atoms with van der Waals surface area (Å²) in [5, 5.41) is 14.3. The first-order valence-electron chi connectivity index (χ1n) is 6.15. The Morgan fingerprint density at radius 1 is 1.30 bits per heavy atom. The summed E-state index contributed by atoms with van der Waals surface area (Å²) in [6, 6.07) is 11.8. The molecule has 0 atom stereocenters. The van der Waals surface area contributed by atoms with Crippen LogP contribution in [0.4, 0.5) is 0 Å². The van der Waals surface area contributed by atoms with Gasteiger partial charge in [-0.15, -0.1) is 0 Å². The van der Waals surface area contributed by atoms with Crippen LogP contribution in [0.25, 0.3) is 10.9 Å². The number of nitriles is 1. The second-order valence-electron chi connectivity index (χ2n) is 4.47. The molecule has 98 valence electrons. The second kappa shape index (κ2) is 4.67. The smallest absolute Gasteiger partial charge is 0.235 e. The molecular formula is C15H12N4O. The van der Waals surface area contributed by atoms with Crippen molar-refractivity contribution >= 4 is 10.9 Å². The first kappa shape index (κ1) is 12.2. The van der Waals surface area contributed by atoms with Crippen LogP contribution in [-0.4, -0.2) is 14.8 Å². The molecule has 0 fully saturated rings. The SMILES string of the molecule is Cc1nn(C)c(Oc2cnc3ccccc3c2)c1C#N. The van der Waals surface area contributed by atoms with Crippen molar-refractivity contribution in [2.45, 2.75) is 6.92 Å². The molecule has 2 aromatic heterocycles. The molecule has 0 radical (unpaired) electrons. The van der Waals surface area contributed by atoms with E-state index in [1.54, 1.807) is 24.9 Å². The lowest BCUT2D eigenvalue weighted by molar-refractivity contribution is 0.428. The summed E-state index contributed by atoms with van der Waals surface area (Å²) in [5.41, 5.74) is 2.00. The standard InChI is InChI=1S/C15H12N4O/c1-10-13(8-16)15(19(2)18-10)20-12-7-11-5-3-4-6-14(11)17-9-12/h3-7,9H,1-2H3. The Kier molecular flexibility index (Phi) is 2.84. The fourth-order valence-corrected chi connectivity index (χ4v) is 2.10. The normalized spacial score (nSPS) is 10.4. The molecule has 0 spiro atoms. The van der Waals surface area contributed by atoms with Gasteiger partial charge in [0.15, 0.2) is 0 Å². The molecular weight excluding hydrogens is 252 g/mol. The average molecular weight is 264 g/mol. The van der Waals surface area contributed by atoms with Crippen molar-refractivity contribution < 1.29 is 4.74 Å². The highest BCUT2D eigenvalue weighted by atomic mass is 16.5. The lowest BCUT2D eigenvalue weighted by Gasteiger charge is -2.06. The Bertz CT molecular complexity index is 829. The quantitative estimate of drug-likeness (QED) is 0.713. The van der Waals surface area contributed by atoms with Gasteiger partial charge in [0.25, 0.3) is 0 Å². The molecule has 0 aliphatic heterocycles.